The molecule has 1 N–H and O–H groups in total. The topological polar surface area (TPSA) is 50.7 Å². The van der Waals surface area contributed by atoms with Gasteiger partial charge in [-0.05, 0) is 50.2 Å². The van der Waals surface area contributed by atoms with Crippen LogP contribution in [-0.4, -0.2) is 22.0 Å². The minimum atomic E-state index is 0.632. The molecule has 0 saturated heterocycles. The molecule has 0 spiro atoms. The molecule has 5 heteroatoms. The van der Waals surface area contributed by atoms with Gasteiger partial charge in [0, 0.05) is 24.5 Å². The van der Waals surface area contributed by atoms with Crippen molar-refractivity contribution in [2.75, 3.05) is 12.4 Å². The van der Waals surface area contributed by atoms with Gasteiger partial charge in [0.2, 0.25) is 5.95 Å². The summed E-state index contributed by atoms with van der Waals surface area (Å²) >= 11 is 1.57. The summed E-state index contributed by atoms with van der Waals surface area (Å²) in [6.07, 6.45) is 1.82. The molecule has 0 atom stereocenters. The van der Waals surface area contributed by atoms with Crippen LogP contribution >= 0.6 is 11.8 Å². The maximum absolute atomic E-state index is 4.51. The molecule has 0 saturated carbocycles. The minimum absolute atomic E-state index is 0.632. The summed E-state index contributed by atoms with van der Waals surface area (Å²) in [4.78, 5) is 13.1. The Morgan fingerprint density at radius 3 is 2.56 bits per heavy atom. The number of hydrogen-bond acceptors (Lipinski definition) is 5. The lowest BCUT2D eigenvalue weighted by Crippen LogP contribution is -1.98. The van der Waals surface area contributed by atoms with Crippen LogP contribution in [-0.2, 0) is 0 Å². The summed E-state index contributed by atoms with van der Waals surface area (Å²) in [6.45, 7) is 6.08. The Labute approximate surface area is 111 Å². The predicted molar refractivity (Wildman–Crippen MR) is 74.1 cm³/mol. The van der Waals surface area contributed by atoms with Crippen molar-refractivity contribution in [1.82, 2.24) is 15.0 Å². The van der Waals surface area contributed by atoms with Gasteiger partial charge in [0.1, 0.15) is 10.1 Å². The van der Waals surface area contributed by atoms with Gasteiger partial charge >= 0.3 is 0 Å². The highest BCUT2D eigenvalue weighted by molar-refractivity contribution is 7.99. The Bertz CT molecular complexity index is 549. The molecule has 4 nitrogen and oxygen atoms in total. The molecule has 18 heavy (non-hydrogen) atoms. The molecule has 94 valence electrons. The van der Waals surface area contributed by atoms with Crippen molar-refractivity contribution in [3.63, 3.8) is 0 Å². The zero-order valence-corrected chi connectivity index (χ0v) is 11.8. The van der Waals surface area contributed by atoms with Gasteiger partial charge in [-0.15, -0.1) is 0 Å². The third kappa shape index (κ3) is 2.98. The molecule has 0 aliphatic heterocycles. The second kappa shape index (κ2) is 5.35. The summed E-state index contributed by atoms with van der Waals surface area (Å²) in [5.74, 6) is 0.632. The summed E-state index contributed by atoms with van der Waals surface area (Å²) < 4.78 is 0. The molecule has 2 rings (SSSR count). The molecule has 2 heterocycles. The average molecular weight is 260 g/mol. The van der Waals surface area contributed by atoms with Crippen molar-refractivity contribution in [2.45, 2.75) is 30.8 Å². The fraction of sp³-hybridized carbons (Fsp3) is 0.308. The van der Waals surface area contributed by atoms with Gasteiger partial charge in [0.15, 0.2) is 0 Å². The largest absolute Gasteiger partial charge is 0.357 e. The Morgan fingerprint density at radius 2 is 1.89 bits per heavy atom. The lowest BCUT2D eigenvalue weighted by Gasteiger charge is -2.07. The van der Waals surface area contributed by atoms with Crippen molar-refractivity contribution < 1.29 is 0 Å². The number of pyridine rings is 1. The molecule has 0 aliphatic carbocycles. The lowest BCUT2D eigenvalue weighted by molar-refractivity contribution is 0.990. The fourth-order valence-corrected chi connectivity index (χ4v) is 2.58. The number of nitrogens with zero attached hydrogens (tertiary/aromatic N) is 3. The number of anilines is 1. The van der Waals surface area contributed by atoms with E-state index in [0.29, 0.717) is 5.95 Å². The van der Waals surface area contributed by atoms with Gasteiger partial charge in [-0.25, -0.2) is 15.0 Å². The van der Waals surface area contributed by atoms with E-state index in [1.54, 1.807) is 11.8 Å². The van der Waals surface area contributed by atoms with E-state index in [2.05, 4.69) is 39.3 Å². The van der Waals surface area contributed by atoms with Crippen LogP contribution in [0.1, 0.15) is 16.8 Å². The maximum Gasteiger partial charge on any atom is 0.223 e. The van der Waals surface area contributed by atoms with Crippen LogP contribution in [0, 0.1) is 20.8 Å². The summed E-state index contributed by atoms with van der Waals surface area (Å²) in [6, 6.07) is 4.13. The third-order valence-corrected chi connectivity index (χ3v) is 3.45. The van der Waals surface area contributed by atoms with Crippen LogP contribution in [0.4, 0.5) is 5.95 Å². The van der Waals surface area contributed by atoms with Gasteiger partial charge in [0.25, 0.3) is 0 Å². The van der Waals surface area contributed by atoms with E-state index < -0.39 is 0 Å². The van der Waals surface area contributed by atoms with E-state index in [0.717, 1.165) is 21.3 Å². The van der Waals surface area contributed by atoms with Crippen molar-refractivity contribution in [2.24, 2.45) is 0 Å². The summed E-state index contributed by atoms with van der Waals surface area (Å²) in [5, 5.41) is 4.85. The Kier molecular flexibility index (Phi) is 3.81. The Balaban J connectivity index is 2.33. The molecular formula is C13H16N4S. The molecule has 0 fully saturated rings. The monoisotopic (exact) mass is 260 g/mol. The third-order valence-electron chi connectivity index (χ3n) is 2.42. The fourth-order valence-electron chi connectivity index (χ4n) is 1.61. The van der Waals surface area contributed by atoms with Gasteiger partial charge in [0.05, 0.1) is 0 Å². The van der Waals surface area contributed by atoms with E-state index in [9.17, 15) is 0 Å². The minimum Gasteiger partial charge on any atom is -0.357 e. The predicted octanol–water partition coefficient (Wildman–Crippen LogP) is 2.99. The highest BCUT2D eigenvalue weighted by Crippen LogP contribution is 2.28. The van der Waals surface area contributed by atoms with Gasteiger partial charge in [-0.3, -0.25) is 0 Å². The lowest BCUT2D eigenvalue weighted by atomic mass is 10.3. The van der Waals surface area contributed by atoms with E-state index in [1.165, 1.54) is 5.56 Å². The molecule has 0 radical (unpaired) electrons. The number of nitrogens with one attached hydrogen (secondary N) is 1. The summed E-state index contributed by atoms with van der Waals surface area (Å²) in [7, 11) is 1.81. The smallest absolute Gasteiger partial charge is 0.223 e. The Morgan fingerprint density at radius 1 is 1.11 bits per heavy atom. The molecule has 0 aliphatic rings. The van der Waals surface area contributed by atoms with Gasteiger partial charge in [-0.2, -0.15) is 0 Å². The van der Waals surface area contributed by atoms with Crippen LogP contribution in [0.5, 0.6) is 0 Å². The Hall–Kier alpha value is -1.62. The van der Waals surface area contributed by atoms with Crippen molar-refractivity contribution >= 4 is 17.7 Å². The zero-order chi connectivity index (χ0) is 13.1. The highest BCUT2D eigenvalue weighted by Gasteiger charge is 2.07. The second-order valence-electron chi connectivity index (χ2n) is 4.16. The van der Waals surface area contributed by atoms with E-state index in [1.807, 2.05) is 27.1 Å². The molecule has 2 aromatic heterocycles. The van der Waals surface area contributed by atoms with Gasteiger partial charge in [-0.1, -0.05) is 0 Å². The number of hydrogen-bond donors (Lipinski definition) is 1. The van der Waals surface area contributed by atoms with Crippen LogP contribution in [0.2, 0.25) is 0 Å². The highest BCUT2D eigenvalue weighted by atomic mass is 32.2. The number of rotatable bonds is 3. The normalized spacial score (nSPS) is 10.4. The zero-order valence-electron chi connectivity index (χ0n) is 11.0. The maximum atomic E-state index is 4.51. The first-order chi connectivity index (χ1) is 8.58. The van der Waals surface area contributed by atoms with Crippen LogP contribution in [0.3, 0.4) is 0 Å². The number of aryl methyl sites for hydroxylation is 3. The molecule has 0 unspecified atom stereocenters. The standard InChI is InChI=1S/C13H16N4S/c1-8-5-10(3)16-11(6-8)18-12-9(2)7-15-13(14-4)17-12/h5-7H,1-4H3,(H,14,15,17). The van der Waals surface area contributed by atoms with Crippen LogP contribution in [0.25, 0.3) is 0 Å². The molecular weight excluding hydrogens is 244 g/mol. The van der Waals surface area contributed by atoms with Crippen LogP contribution in [0.15, 0.2) is 28.4 Å². The van der Waals surface area contributed by atoms with Crippen LogP contribution < -0.4 is 5.32 Å². The van der Waals surface area contributed by atoms with Crippen molar-refractivity contribution in [3.05, 3.63) is 35.2 Å². The number of aromatic nitrogens is 3. The van der Waals surface area contributed by atoms with E-state index in [4.69, 9.17) is 0 Å². The summed E-state index contributed by atoms with van der Waals surface area (Å²) in [5.41, 5.74) is 3.29. The van der Waals surface area contributed by atoms with Gasteiger partial charge < -0.3 is 5.32 Å². The molecule has 2 aromatic rings. The first-order valence-electron chi connectivity index (χ1n) is 5.73. The second-order valence-corrected chi connectivity index (χ2v) is 5.17. The van der Waals surface area contributed by atoms with Crippen molar-refractivity contribution in [3.8, 4) is 0 Å². The van der Waals surface area contributed by atoms with Crippen molar-refractivity contribution in [1.29, 1.82) is 0 Å². The quantitative estimate of drug-likeness (QED) is 0.860. The van der Waals surface area contributed by atoms with E-state index >= 15 is 0 Å². The SMILES string of the molecule is CNc1ncc(C)c(Sc2cc(C)cc(C)n2)n1. The molecule has 0 amide bonds. The van der Waals surface area contributed by atoms with E-state index in [-0.39, 0.29) is 0 Å². The first kappa shape index (κ1) is 12.8. The first-order valence-corrected chi connectivity index (χ1v) is 6.54. The molecule has 0 bridgehead atoms. The average Bonchev–Trinajstić information content (AvgIpc) is 2.30. The molecule has 0 aromatic carbocycles.